The molecule has 166 valence electrons. The molecule has 0 radical (unpaired) electrons. The lowest BCUT2D eigenvalue weighted by Crippen LogP contribution is -2.34. The number of anilines is 1. The van der Waals surface area contributed by atoms with E-state index in [2.05, 4.69) is 15.4 Å². The maximum absolute atomic E-state index is 13.1. The van der Waals surface area contributed by atoms with E-state index in [1.54, 1.807) is 28.8 Å². The molecule has 0 spiro atoms. The van der Waals surface area contributed by atoms with Crippen LogP contribution in [0.4, 0.5) is 5.13 Å². The van der Waals surface area contributed by atoms with Crippen LogP contribution >= 0.6 is 11.3 Å². The number of amides is 2. The largest absolute Gasteiger partial charge is 0.339 e. The maximum atomic E-state index is 13.1. The fourth-order valence-electron chi connectivity index (χ4n) is 2.97. The van der Waals surface area contributed by atoms with Crippen LogP contribution in [-0.2, 0) is 5.54 Å². The van der Waals surface area contributed by atoms with E-state index in [0.717, 1.165) is 12.1 Å². The normalized spacial score (nSPS) is 11.9. The molecule has 0 aliphatic heterocycles. The van der Waals surface area contributed by atoms with Gasteiger partial charge < -0.3 is 9.80 Å². The van der Waals surface area contributed by atoms with Crippen LogP contribution in [0.3, 0.4) is 0 Å². The Labute approximate surface area is 186 Å². The molecule has 0 aliphatic rings. The van der Waals surface area contributed by atoms with Gasteiger partial charge >= 0.3 is 0 Å². The first-order chi connectivity index (χ1) is 14.5. The SMILES string of the molecule is Cc1ccc(C(=O)Nc2nc3c(s2)c(C(=O)N(C)CCN(C)C)nn3C(C)(C)C)cc1. The highest BCUT2D eigenvalue weighted by molar-refractivity contribution is 7.22. The molecule has 9 heteroatoms. The van der Waals surface area contributed by atoms with Crippen LogP contribution in [0.15, 0.2) is 24.3 Å². The van der Waals surface area contributed by atoms with Crippen molar-refractivity contribution in [2.45, 2.75) is 33.2 Å². The third-order valence-corrected chi connectivity index (χ3v) is 5.79. The van der Waals surface area contributed by atoms with Crippen LogP contribution in [0.2, 0.25) is 0 Å². The number of hydrogen-bond acceptors (Lipinski definition) is 6. The lowest BCUT2D eigenvalue weighted by Gasteiger charge is -2.20. The first-order valence-corrected chi connectivity index (χ1v) is 11.0. The van der Waals surface area contributed by atoms with Gasteiger partial charge in [0.25, 0.3) is 11.8 Å². The molecule has 2 aromatic heterocycles. The molecule has 0 atom stereocenters. The van der Waals surface area contributed by atoms with E-state index in [4.69, 9.17) is 0 Å². The second-order valence-electron chi connectivity index (χ2n) is 8.95. The van der Waals surface area contributed by atoms with Crippen molar-refractivity contribution in [1.82, 2.24) is 24.6 Å². The standard InChI is InChI=1S/C22H30N6O2S/c1-14-8-10-15(11-9-14)19(29)24-21-23-18-17(31-21)16(25-28(18)22(2,3)4)20(30)27(7)13-12-26(5)6/h8-11H,12-13H2,1-7H3,(H,23,24,29). The van der Waals surface area contributed by atoms with Crippen molar-refractivity contribution in [3.05, 3.63) is 41.1 Å². The van der Waals surface area contributed by atoms with E-state index in [1.807, 2.05) is 58.8 Å². The summed E-state index contributed by atoms with van der Waals surface area (Å²) in [5.41, 5.74) is 2.23. The molecule has 0 saturated carbocycles. The van der Waals surface area contributed by atoms with Crippen molar-refractivity contribution >= 4 is 38.6 Å². The molecule has 1 aromatic carbocycles. The number of nitrogens with zero attached hydrogens (tertiary/aromatic N) is 5. The molecule has 2 amide bonds. The Morgan fingerprint density at radius 3 is 2.32 bits per heavy atom. The number of aromatic nitrogens is 3. The zero-order valence-corrected chi connectivity index (χ0v) is 20.0. The van der Waals surface area contributed by atoms with Gasteiger partial charge in [-0.2, -0.15) is 10.1 Å². The zero-order chi connectivity index (χ0) is 22.9. The van der Waals surface area contributed by atoms with Gasteiger partial charge in [0.2, 0.25) is 0 Å². The van der Waals surface area contributed by atoms with Gasteiger partial charge in [-0.3, -0.25) is 14.9 Å². The van der Waals surface area contributed by atoms with E-state index < -0.39 is 0 Å². The topological polar surface area (TPSA) is 83.4 Å². The van der Waals surface area contributed by atoms with E-state index >= 15 is 0 Å². The molecule has 3 rings (SSSR count). The molecular formula is C22H30N6O2S. The number of aryl methyl sites for hydroxylation is 1. The van der Waals surface area contributed by atoms with Crippen LogP contribution in [0.5, 0.6) is 0 Å². The molecule has 8 nitrogen and oxygen atoms in total. The minimum absolute atomic E-state index is 0.157. The molecular weight excluding hydrogens is 412 g/mol. The maximum Gasteiger partial charge on any atom is 0.275 e. The van der Waals surface area contributed by atoms with Crippen molar-refractivity contribution in [3.63, 3.8) is 0 Å². The molecule has 31 heavy (non-hydrogen) atoms. The number of likely N-dealkylation sites (N-methyl/N-ethyl adjacent to an activating group) is 2. The van der Waals surface area contributed by atoms with E-state index in [0.29, 0.717) is 33.3 Å². The lowest BCUT2D eigenvalue weighted by atomic mass is 10.1. The summed E-state index contributed by atoms with van der Waals surface area (Å²) in [5.74, 6) is -0.391. The number of carbonyl (C=O) groups excluding carboxylic acids is 2. The predicted octanol–water partition coefficient (Wildman–Crippen LogP) is 3.44. The average Bonchev–Trinajstić information content (AvgIpc) is 3.23. The number of fused-ring (bicyclic) bond motifs is 1. The Kier molecular flexibility index (Phi) is 6.47. The summed E-state index contributed by atoms with van der Waals surface area (Å²) in [6.07, 6.45) is 0. The smallest absolute Gasteiger partial charge is 0.275 e. The second kappa shape index (κ2) is 8.76. The summed E-state index contributed by atoms with van der Waals surface area (Å²) in [6.45, 7) is 9.34. The van der Waals surface area contributed by atoms with Gasteiger partial charge in [0.15, 0.2) is 16.5 Å². The van der Waals surface area contributed by atoms with Crippen LogP contribution in [-0.4, -0.2) is 70.6 Å². The molecule has 0 bridgehead atoms. The van der Waals surface area contributed by atoms with Crippen molar-refractivity contribution in [3.8, 4) is 0 Å². The van der Waals surface area contributed by atoms with Crippen LogP contribution in [0.25, 0.3) is 10.3 Å². The Hall–Kier alpha value is -2.78. The Morgan fingerprint density at radius 2 is 1.74 bits per heavy atom. The molecule has 0 aliphatic carbocycles. The third-order valence-electron chi connectivity index (χ3n) is 4.83. The molecule has 0 fully saturated rings. The number of rotatable bonds is 6. The third kappa shape index (κ3) is 5.11. The summed E-state index contributed by atoms with van der Waals surface area (Å²) in [5, 5.41) is 7.91. The van der Waals surface area contributed by atoms with Crippen molar-refractivity contribution < 1.29 is 9.59 Å². The summed E-state index contributed by atoms with van der Waals surface area (Å²) in [4.78, 5) is 34.1. The Bertz CT molecular complexity index is 1090. The van der Waals surface area contributed by atoms with E-state index in [-0.39, 0.29) is 17.4 Å². The fourth-order valence-corrected chi connectivity index (χ4v) is 3.89. The summed E-state index contributed by atoms with van der Waals surface area (Å²) < 4.78 is 2.43. The molecule has 0 unspecified atom stereocenters. The highest BCUT2D eigenvalue weighted by Gasteiger charge is 2.28. The second-order valence-corrected chi connectivity index (χ2v) is 9.95. The monoisotopic (exact) mass is 442 g/mol. The van der Waals surface area contributed by atoms with Crippen molar-refractivity contribution in [2.24, 2.45) is 0 Å². The lowest BCUT2D eigenvalue weighted by molar-refractivity contribution is 0.0780. The number of benzene rings is 1. The summed E-state index contributed by atoms with van der Waals surface area (Å²) >= 11 is 1.27. The van der Waals surface area contributed by atoms with Crippen LogP contribution in [0.1, 0.15) is 47.2 Å². The molecule has 2 heterocycles. The van der Waals surface area contributed by atoms with Crippen molar-refractivity contribution in [2.75, 3.05) is 39.5 Å². The van der Waals surface area contributed by atoms with Crippen molar-refractivity contribution in [1.29, 1.82) is 0 Å². The van der Waals surface area contributed by atoms with Gasteiger partial charge in [0, 0.05) is 25.7 Å². The number of nitrogens with one attached hydrogen (secondary N) is 1. The van der Waals surface area contributed by atoms with E-state index in [1.165, 1.54) is 11.3 Å². The van der Waals surface area contributed by atoms with Crippen LogP contribution in [0, 0.1) is 6.92 Å². The molecule has 0 saturated heterocycles. The van der Waals surface area contributed by atoms with Gasteiger partial charge in [-0.05, 0) is 53.9 Å². The minimum Gasteiger partial charge on any atom is -0.339 e. The van der Waals surface area contributed by atoms with Crippen LogP contribution < -0.4 is 5.32 Å². The zero-order valence-electron chi connectivity index (χ0n) is 19.2. The van der Waals surface area contributed by atoms with Gasteiger partial charge in [-0.25, -0.2) is 4.68 Å². The quantitative estimate of drug-likeness (QED) is 0.632. The first kappa shape index (κ1) is 22.9. The van der Waals surface area contributed by atoms with Gasteiger partial charge in [0.1, 0.15) is 4.70 Å². The van der Waals surface area contributed by atoms with Gasteiger partial charge in [-0.15, -0.1) is 0 Å². The summed E-state index contributed by atoms with van der Waals surface area (Å²) in [6, 6.07) is 7.35. The van der Waals surface area contributed by atoms with E-state index in [9.17, 15) is 9.59 Å². The molecule has 3 aromatic rings. The Balaban J connectivity index is 1.95. The highest BCUT2D eigenvalue weighted by Crippen LogP contribution is 2.33. The fraction of sp³-hybridized carbons (Fsp3) is 0.455. The Morgan fingerprint density at radius 1 is 1.10 bits per heavy atom. The van der Waals surface area contributed by atoms with Gasteiger partial charge in [0.05, 0.1) is 5.54 Å². The highest BCUT2D eigenvalue weighted by atomic mass is 32.1. The number of thiazole rings is 1. The average molecular weight is 443 g/mol. The number of carbonyl (C=O) groups is 2. The first-order valence-electron chi connectivity index (χ1n) is 10.2. The van der Waals surface area contributed by atoms with Gasteiger partial charge in [-0.1, -0.05) is 29.0 Å². The summed E-state index contributed by atoms with van der Waals surface area (Å²) in [7, 11) is 5.71. The predicted molar refractivity (Wildman–Crippen MR) is 125 cm³/mol. The minimum atomic E-state index is -0.370. The molecule has 1 N–H and O–H groups in total. The number of hydrogen-bond donors (Lipinski definition) is 1.